The molecule has 220 valence electrons. The molecule has 4 rings (SSSR count). The second kappa shape index (κ2) is 11.5. The number of hydrogen-bond acceptors (Lipinski definition) is 2. The van der Waals surface area contributed by atoms with E-state index in [-0.39, 0.29) is 6.04 Å². The molecule has 0 aliphatic rings. The fourth-order valence-electron chi connectivity index (χ4n) is 8.24. The first-order chi connectivity index (χ1) is 19.8. The molecule has 0 heterocycles. The zero-order chi connectivity index (χ0) is 30.8. The van der Waals surface area contributed by atoms with Crippen molar-refractivity contribution in [2.24, 2.45) is 0 Å². The zero-order valence-electron chi connectivity index (χ0n) is 26.5. The molecular weight excluding hydrogens is 514 g/mol. The molecule has 0 saturated heterocycles. The van der Waals surface area contributed by atoms with E-state index in [2.05, 4.69) is 134 Å². The van der Waals surface area contributed by atoms with Crippen LogP contribution in [0.4, 0.5) is 0 Å². The van der Waals surface area contributed by atoms with Crippen molar-refractivity contribution in [1.29, 1.82) is 0 Å². The number of carboxylic acids is 1. The predicted octanol–water partition coefficient (Wildman–Crippen LogP) is 8.68. The first-order valence-corrected chi connectivity index (χ1v) is 15.0. The van der Waals surface area contributed by atoms with Gasteiger partial charge in [0.1, 0.15) is 5.54 Å². The van der Waals surface area contributed by atoms with E-state index in [1.54, 1.807) is 0 Å². The largest absolute Gasteiger partial charge is 0.480 e. The topological polar surface area (TPSA) is 49.3 Å². The third-order valence-electron chi connectivity index (χ3n) is 9.89. The molecule has 42 heavy (non-hydrogen) atoms. The van der Waals surface area contributed by atoms with Gasteiger partial charge in [-0.3, -0.25) is 10.1 Å². The van der Waals surface area contributed by atoms with E-state index in [1.807, 2.05) is 48.5 Å². The fourth-order valence-corrected chi connectivity index (χ4v) is 8.24. The van der Waals surface area contributed by atoms with E-state index in [0.717, 1.165) is 22.3 Å². The Hall–Kier alpha value is -3.69. The summed E-state index contributed by atoms with van der Waals surface area (Å²) in [5.41, 5.74) is -0.778. The molecule has 0 fully saturated rings. The van der Waals surface area contributed by atoms with Gasteiger partial charge in [0.25, 0.3) is 0 Å². The summed E-state index contributed by atoms with van der Waals surface area (Å²) in [4.78, 5) is 14.7. The minimum absolute atomic E-state index is 0.134. The second-order valence-corrected chi connectivity index (χ2v) is 13.4. The summed E-state index contributed by atoms with van der Waals surface area (Å²) < 4.78 is 0. The van der Waals surface area contributed by atoms with Gasteiger partial charge in [-0.05, 0) is 36.1 Å². The van der Waals surface area contributed by atoms with Gasteiger partial charge in [0.05, 0.1) is 0 Å². The molecule has 1 atom stereocenters. The van der Waals surface area contributed by atoms with Gasteiger partial charge in [0, 0.05) is 27.7 Å². The molecule has 3 nitrogen and oxygen atoms in total. The zero-order valence-corrected chi connectivity index (χ0v) is 26.5. The van der Waals surface area contributed by atoms with Crippen LogP contribution in [0.5, 0.6) is 0 Å². The van der Waals surface area contributed by atoms with Gasteiger partial charge in [-0.1, -0.05) is 163 Å². The molecule has 0 saturated carbocycles. The van der Waals surface area contributed by atoms with Gasteiger partial charge in [-0.25, -0.2) is 0 Å². The lowest BCUT2D eigenvalue weighted by atomic mass is 9.36. The first kappa shape index (κ1) is 31.3. The molecule has 0 amide bonds. The highest BCUT2D eigenvalue weighted by molar-refractivity contribution is 5.86. The number of benzene rings is 4. The Kier molecular flexibility index (Phi) is 8.58. The van der Waals surface area contributed by atoms with Crippen molar-refractivity contribution in [1.82, 2.24) is 5.32 Å². The van der Waals surface area contributed by atoms with Crippen molar-refractivity contribution < 1.29 is 9.90 Å². The minimum Gasteiger partial charge on any atom is -0.480 e. The maximum absolute atomic E-state index is 14.7. The molecule has 4 aromatic carbocycles. The third-order valence-corrected chi connectivity index (χ3v) is 9.89. The molecule has 4 aromatic rings. The highest BCUT2D eigenvalue weighted by Gasteiger charge is 2.75. The number of carboxylic acid groups (broad SMARTS) is 1. The van der Waals surface area contributed by atoms with Crippen LogP contribution in [0.15, 0.2) is 121 Å². The van der Waals surface area contributed by atoms with E-state index >= 15 is 0 Å². The Balaban J connectivity index is 2.38. The molecule has 0 aliphatic carbocycles. The predicted molar refractivity (Wildman–Crippen MR) is 175 cm³/mol. The van der Waals surface area contributed by atoms with Crippen molar-refractivity contribution in [3.05, 3.63) is 144 Å². The quantitative estimate of drug-likeness (QED) is 0.193. The van der Waals surface area contributed by atoms with E-state index in [4.69, 9.17) is 0 Å². The van der Waals surface area contributed by atoms with Gasteiger partial charge in [0.2, 0.25) is 0 Å². The molecule has 0 spiro atoms. The smallest absolute Gasteiger partial charge is 0.325 e. The van der Waals surface area contributed by atoms with Crippen LogP contribution >= 0.6 is 0 Å². The Morgan fingerprint density at radius 2 is 0.810 bits per heavy atom. The molecular formula is C39H47NO2. The maximum atomic E-state index is 14.7. The van der Waals surface area contributed by atoms with Crippen molar-refractivity contribution >= 4 is 5.97 Å². The van der Waals surface area contributed by atoms with Crippen LogP contribution in [-0.4, -0.2) is 22.7 Å². The Bertz CT molecular complexity index is 1410. The van der Waals surface area contributed by atoms with Crippen LogP contribution in [0, 0.1) is 0 Å². The maximum Gasteiger partial charge on any atom is 0.325 e. The summed E-state index contributed by atoms with van der Waals surface area (Å²) in [7, 11) is 0. The molecule has 0 bridgehead atoms. The van der Waals surface area contributed by atoms with Crippen molar-refractivity contribution in [2.75, 3.05) is 0 Å². The monoisotopic (exact) mass is 561 g/mol. The lowest BCUT2D eigenvalue weighted by Crippen LogP contribution is -2.83. The van der Waals surface area contributed by atoms with Gasteiger partial charge in [-0.15, -0.1) is 0 Å². The average Bonchev–Trinajstić information content (AvgIpc) is 2.98. The summed E-state index contributed by atoms with van der Waals surface area (Å²) in [6.45, 7) is 17.3. The number of nitrogens with one attached hydrogen (secondary N) is 1. The third kappa shape index (κ3) is 4.59. The van der Waals surface area contributed by atoms with Gasteiger partial charge >= 0.3 is 5.97 Å². The van der Waals surface area contributed by atoms with Crippen LogP contribution in [0.1, 0.15) is 77.6 Å². The van der Waals surface area contributed by atoms with Crippen LogP contribution in [0.2, 0.25) is 0 Å². The van der Waals surface area contributed by atoms with Crippen LogP contribution in [0.25, 0.3) is 0 Å². The van der Waals surface area contributed by atoms with Crippen LogP contribution in [-0.2, 0) is 26.5 Å². The summed E-state index contributed by atoms with van der Waals surface area (Å²) in [5.74, 6) is -0.873. The second-order valence-electron chi connectivity index (χ2n) is 13.4. The molecule has 0 aliphatic heterocycles. The van der Waals surface area contributed by atoms with Crippen molar-refractivity contribution in [3.8, 4) is 0 Å². The van der Waals surface area contributed by atoms with Crippen molar-refractivity contribution in [3.63, 3.8) is 0 Å². The Morgan fingerprint density at radius 1 is 0.524 bits per heavy atom. The minimum atomic E-state index is -1.52. The molecule has 0 unspecified atom stereocenters. The SMILES string of the molecule is CC(C)N[C@@](C(=O)O)(C(C)(C)c1ccccc1)C(c1ccccc1)(C(C)(C)c1ccccc1)C(C)(C)c1ccccc1. The molecule has 2 N–H and O–H groups in total. The van der Waals surface area contributed by atoms with Gasteiger partial charge in [-0.2, -0.15) is 0 Å². The van der Waals surface area contributed by atoms with E-state index in [0.29, 0.717) is 0 Å². The first-order valence-electron chi connectivity index (χ1n) is 15.0. The van der Waals surface area contributed by atoms with Crippen LogP contribution < -0.4 is 5.32 Å². The summed E-state index contributed by atoms with van der Waals surface area (Å²) in [5, 5.41) is 15.8. The lowest BCUT2D eigenvalue weighted by molar-refractivity contribution is -0.160. The highest BCUT2D eigenvalue weighted by atomic mass is 16.4. The number of hydrogen-bond donors (Lipinski definition) is 2. The Morgan fingerprint density at radius 3 is 1.10 bits per heavy atom. The normalized spacial score (nSPS) is 14.4. The van der Waals surface area contributed by atoms with E-state index < -0.39 is 33.2 Å². The molecule has 0 radical (unpaired) electrons. The Labute approximate surface area is 253 Å². The average molecular weight is 562 g/mol. The standard InChI is InChI=1S/C39H47NO2/c1-29(2)40-39(34(41)42,37(7,8)32-25-17-11-18-26-32)38(33-27-19-12-20-28-33,35(3,4)30-21-13-9-14-22-30)36(5,6)31-23-15-10-16-24-31/h9-29,40H,1-8H3,(H,41,42)/t39-/m0/s1. The summed E-state index contributed by atoms with van der Waals surface area (Å²) in [6.07, 6.45) is 0. The summed E-state index contributed by atoms with van der Waals surface area (Å²) in [6, 6.07) is 41.3. The van der Waals surface area contributed by atoms with Crippen molar-refractivity contribution in [2.45, 2.75) is 88.6 Å². The molecule has 3 heteroatoms. The number of aliphatic carboxylic acids is 1. The van der Waals surface area contributed by atoms with Gasteiger partial charge < -0.3 is 5.11 Å². The van der Waals surface area contributed by atoms with E-state index in [9.17, 15) is 9.90 Å². The highest BCUT2D eigenvalue weighted by Crippen LogP contribution is 2.65. The summed E-state index contributed by atoms with van der Waals surface area (Å²) >= 11 is 0. The lowest BCUT2D eigenvalue weighted by Gasteiger charge is -2.68. The van der Waals surface area contributed by atoms with Crippen LogP contribution in [0.3, 0.4) is 0 Å². The number of carbonyl (C=O) groups is 1. The number of rotatable bonds is 11. The van der Waals surface area contributed by atoms with E-state index in [1.165, 1.54) is 0 Å². The molecule has 0 aromatic heterocycles. The fraction of sp³-hybridized carbons (Fsp3) is 0.359. The van der Waals surface area contributed by atoms with Gasteiger partial charge in [0.15, 0.2) is 0 Å².